The van der Waals surface area contributed by atoms with Gasteiger partial charge in [-0.15, -0.1) is 12.4 Å². The molecule has 8 heteroatoms. The number of sulfonamides is 1. The van der Waals surface area contributed by atoms with E-state index in [9.17, 15) is 13.2 Å². The number of hydrogen-bond acceptors (Lipinski definition) is 4. The van der Waals surface area contributed by atoms with Crippen molar-refractivity contribution in [2.75, 3.05) is 31.6 Å². The Bertz CT molecular complexity index is 702. The Morgan fingerprint density at radius 2 is 2.13 bits per heavy atom. The van der Waals surface area contributed by atoms with Gasteiger partial charge in [-0.2, -0.15) is 4.31 Å². The maximum Gasteiger partial charge on any atom is 0.243 e. The predicted molar refractivity (Wildman–Crippen MR) is 91.6 cm³/mol. The highest BCUT2D eigenvalue weighted by molar-refractivity contribution is 7.89. The number of benzene rings is 1. The molecule has 0 radical (unpaired) electrons. The molecule has 1 saturated heterocycles. The van der Waals surface area contributed by atoms with Crippen LogP contribution >= 0.6 is 12.4 Å². The fraction of sp³-hybridized carbons (Fsp3) is 0.533. The van der Waals surface area contributed by atoms with E-state index < -0.39 is 10.0 Å². The van der Waals surface area contributed by atoms with E-state index in [-0.39, 0.29) is 24.4 Å². The molecule has 1 amide bonds. The Balaban J connectivity index is 0.00000192. The second kappa shape index (κ2) is 6.76. The number of rotatable bonds is 3. The van der Waals surface area contributed by atoms with Crippen molar-refractivity contribution in [3.05, 3.63) is 23.8 Å². The number of nitrogens with one attached hydrogen (secondary N) is 1. The van der Waals surface area contributed by atoms with Gasteiger partial charge in [0.05, 0.1) is 4.90 Å². The van der Waals surface area contributed by atoms with Gasteiger partial charge < -0.3 is 10.2 Å². The molecule has 0 bridgehead atoms. The van der Waals surface area contributed by atoms with Crippen LogP contribution in [0.4, 0.5) is 5.69 Å². The van der Waals surface area contributed by atoms with Gasteiger partial charge in [-0.05, 0) is 43.1 Å². The van der Waals surface area contributed by atoms with E-state index in [0.29, 0.717) is 24.4 Å². The molecule has 1 fully saturated rings. The lowest BCUT2D eigenvalue weighted by molar-refractivity contribution is -0.116. The summed E-state index contributed by atoms with van der Waals surface area (Å²) in [6, 6.07) is 5.07. The van der Waals surface area contributed by atoms with Gasteiger partial charge >= 0.3 is 0 Å². The first-order chi connectivity index (χ1) is 10.4. The molecule has 0 spiro atoms. The van der Waals surface area contributed by atoms with Crippen LogP contribution in [-0.2, 0) is 21.2 Å². The summed E-state index contributed by atoms with van der Waals surface area (Å²) in [5.41, 5.74) is 1.76. The SMILES string of the molecule is CC(=O)N1CCc2cc(S(=O)(=O)N(C)C3CCNC3)ccc21.Cl. The van der Waals surface area contributed by atoms with Crippen LogP contribution < -0.4 is 10.2 Å². The smallest absolute Gasteiger partial charge is 0.243 e. The summed E-state index contributed by atoms with van der Waals surface area (Å²) in [5.74, 6) is -0.0106. The minimum Gasteiger partial charge on any atom is -0.315 e. The lowest BCUT2D eigenvalue weighted by Gasteiger charge is -2.23. The first-order valence-corrected chi connectivity index (χ1v) is 8.95. The molecule has 2 aliphatic heterocycles. The molecule has 1 aromatic rings. The average Bonchev–Trinajstić information content (AvgIpc) is 3.14. The van der Waals surface area contributed by atoms with Gasteiger partial charge in [0.25, 0.3) is 0 Å². The number of carbonyl (C=O) groups excluding carboxylic acids is 1. The van der Waals surface area contributed by atoms with Crippen LogP contribution in [-0.4, -0.2) is 51.4 Å². The number of halogens is 1. The molecular weight excluding hydrogens is 338 g/mol. The topological polar surface area (TPSA) is 69.7 Å². The van der Waals surface area contributed by atoms with Crippen molar-refractivity contribution in [3.63, 3.8) is 0 Å². The van der Waals surface area contributed by atoms with Crippen LogP contribution in [0.2, 0.25) is 0 Å². The van der Waals surface area contributed by atoms with Crippen LogP contribution in [0.25, 0.3) is 0 Å². The molecule has 6 nitrogen and oxygen atoms in total. The van der Waals surface area contributed by atoms with Gasteiger partial charge in [-0.3, -0.25) is 4.79 Å². The second-order valence-electron chi connectivity index (χ2n) is 5.88. The van der Waals surface area contributed by atoms with Crippen LogP contribution in [0.5, 0.6) is 0 Å². The van der Waals surface area contributed by atoms with Gasteiger partial charge in [-0.25, -0.2) is 8.42 Å². The average molecular weight is 360 g/mol. The Morgan fingerprint density at radius 3 is 2.74 bits per heavy atom. The van der Waals surface area contributed by atoms with Crippen molar-refractivity contribution in [2.24, 2.45) is 0 Å². The van der Waals surface area contributed by atoms with Crippen molar-refractivity contribution in [1.29, 1.82) is 0 Å². The third kappa shape index (κ3) is 3.24. The summed E-state index contributed by atoms with van der Waals surface area (Å²) in [7, 11) is -1.85. The van der Waals surface area contributed by atoms with Crippen LogP contribution in [0, 0.1) is 0 Å². The van der Waals surface area contributed by atoms with E-state index in [0.717, 1.165) is 24.2 Å². The highest BCUT2D eigenvalue weighted by Gasteiger charge is 2.31. The normalized spacial score (nSPS) is 20.5. The Morgan fingerprint density at radius 1 is 1.39 bits per heavy atom. The fourth-order valence-corrected chi connectivity index (χ4v) is 4.61. The number of likely N-dealkylation sites (N-methyl/N-ethyl adjacent to an activating group) is 1. The van der Waals surface area contributed by atoms with Gasteiger partial charge in [0.15, 0.2) is 0 Å². The Kier molecular flexibility index (Phi) is 5.35. The molecule has 1 N–H and O–H groups in total. The summed E-state index contributed by atoms with van der Waals surface area (Å²) in [6.07, 6.45) is 1.53. The second-order valence-corrected chi connectivity index (χ2v) is 7.88. The molecule has 23 heavy (non-hydrogen) atoms. The molecule has 0 aliphatic carbocycles. The molecule has 1 unspecified atom stereocenters. The maximum absolute atomic E-state index is 12.8. The molecule has 2 aliphatic rings. The third-order valence-corrected chi connectivity index (χ3v) is 6.46. The summed E-state index contributed by atoms with van der Waals surface area (Å²) in [5, 5.41) is 3.19. The van der Waals surface area contributed by atoms with Gasteiger partial charge in [0, 0.05) is 38.8 Å². The summed E-state index contributed by atoms with van der Waals surface area (Å²) < 4.78 is 27.0. The van der Waals surface area contributed by atoms with Crippen molar-refractivity contribution in [2.45, 2.75) is 30.7 Å². The van der Waals surface area contributed by atoms with E-state index in [2.05, 4.69) is 5.32 Å². The quantitative estimate of drug-likeness (QED) is 0.874. The highest BCUT2D eigenvalue weighted by atomic mass is 35.5. The monoisotopic (exact) mass is 359 g/mol. The zero-order valence-electron chi connectivity index (χ0n) is 13.3. The number of amides is 1. The molecule has 3 rings (SSSR count). The van der Waals surface area contributed by atoms with Crippen molar-refractivity contribution < 1.29 is 13.2 Å². The zero-order chi connectivity index (χ0) is 15.9. The first kappa shape index (κ1) is 18.2. The maximum atomic E-state index is 12.8. The first-order valence-electron chi connectivity index (χ1n) is 7.51. The number of nitrogens with zero attached hydrogens (tertiary/aromatic N) is 2. The number of carbonyl (C=O) groups is 1. The Hall–Kier alpha value is -1.15. The summed E-state index contributed by atoms with van der Waals surface area (Å²) in [6.45, 7) is 3.69. The van der Waals surface area contributed by atoms with Gasteiger partial charge in [0.2, 0.25) is 15.9 Å². The van der Waals surface area contributed by atoms with E-state index >= 15 is 0 Å². The van der Waals surface area contributed by atoms with Crippen LogP contribution in [0.1, 0.15) is 18.9 Å². The lowest BCUT2D eigenvalue weighted by Crippen LogP contribution is -2.38. The number of hydrogen-bond donors (Lipinski definition) is 1. The summed E-state index contributed by atoms with van der Waals surface area (Å²) in [4.78, 5) is 13.6. The Labute approximate surface area is 143 Å². The molecule has 0 saturated carbocycles. The van der Waals surface area contributed by atoms with E-state index in [1.807, 2.05) is 0 Å². The minimum absolute atomic E-state index is 0. The number of anilines is 1. The third-order valence-electron chi connectivity index (χ3n) is 4.55. The zero-order valence-corrected chi connectivity index (χ0v) is 14.9. The molecular formula is C15H22ClN3O3S. The van der Waals surface area contributed by atoms with Gasteiger partial charge in [-0.1, -0.05) is 0 Å². The molecule has 2 heterocycles. The summed E-state index contributed by atoms with van der Waals surface area (Å²) >= 11 is 0. The van der Waals surface area contributed by atoms with Crippen LogP contribution in [0.3, 0.4) is 0 Å². The van der Waals surface area contributed by atoms with E-state index in [4.69, 9.17) is 0 Å². The molecule has 128 valence electrons. The fourth-order valence-electron chi connectivity index (χ4n) is 3.18. The molecule has 1 aromatic carbocycles. The number of fused-ring (bicyclic) bond motifs is 1. The largest absolute Gasteiger partial charge is 0.315 e. The predicted octanol–water partition coefficient (Wildman–Crippen LogP) is 1.000. The molecule has 0 aromatic heterocycles. The standard InChI is InChI=1S/C15H21N3O3S.ClH/c1-11(19)18-8-6-12-9-14(3-4-15(12)18)22(20,21)17(2)13-5-7-16-10-13;/h3-4,9,13,16H,5-8,10H2,1-2H3;1H. The van der Waals surface area contributed by atoms with E-state index in [1.165, 1.54) is 11.2 Å². The van der Waals surface area contributed by atoms with E-state index in [1.54, 1.807) is 30.1 Å². The van der Waals surface area contributed by atoms with Crippen molar-refractivity contribution in [3.8, 4) is 0 Å². The van der Waals surface area contributed by atoms with Crippen molar-refractivity contribution in [1.82, 2.24) is 9.62 Å². The van der Waals surface area contributed by atoms with Gasteiger partial charge in [0.1, 0.15) is 0 Å². The van der Waals surface area contributed by atoms with Crippen molar-refractivity contribution >= 4 is 34.0 Å². The molecule has 1 atom stereocenters. The van der Waals surface area contributed by atoms with Crippen LogP contribution in [0.15, 0.2) is 23.1 Å². The highest BCUT2D eigenvalue weighted by Crippen LogP contribution is 2.31. The minimum atomic E-state index is -3.49. The lowest BCUT2D eigenvalue weighted by atomic mass is 10.2.